The van der Waals surface area contributed by atoms with Crippen molar-refractivity contribution in [3.8, 4) is 0 Å². The summed E-state index contributed by atoms with van der Waals surface area (Å²) in [6.07, 6.45) is 3.76. The van der Waals surface area contributed by atoms with Crippen molar-refractivity contribution < 1.29 is 4.79 Å². The zero-order chi connectivity index (χ0) is 25.8. The van der Waals surface area contributed by atoms with Gasteiger partial charge in [0.05, 0.1) is 11.3 Å². The molecule has 0 spiro atoms. The molecule has 5 nitrogen and oxygen atoms in total. The summed E-state index contributed by atoms with van der Waals surface area (Å²) in [7, 11) is 0. The lowest BCUT2D eigenvalue weighted by molar-refractivity contribution is -0.117. The molecule has 0 aliphatic carbocycles. The van der Waals surface area contributed by atoms with E-state index in [1.807, 2.05) is 54.6 Å². The minimum Gasteiger partial charge on any atom is -0.368 e. The van der Waals surface area contributed by atoms with Gasteiger partial charge >= 0.3 is 0 Å². The van der Waals surface area contributed by atoms with Gasteiger partial charge in [0, 0.05) is 48.3 Å². The van der Waals surface area contributed by atoms with Gasteiger partial charge in [-0.1, -0.05) is 83.9 Å². The van der Waals surface area contributed by atoms with Crippen molar-refractivity contribution in [1.82, 2.24) is 20.9 Å². The fourth-order valence-corrected chi connectivity index (χ4v) is 5.37. The van der Waals surface area contributed by atoms with Crippen molar-refractivity contribution in [2.75, 3.05) is 19.6 Å². The van der Waals surface area contributed by atoms with Crippen molar-refractivity contribution in [2.45, 2.75) is 25.0 Å². The van der Waals surface area contributed by atoms with Crippen LogP contribution >= 0.6 is 23.2 Å². The van der Waals surface area contributed by atoms with E-state index in [-0.39, 0.29) is 11.8 Å². The molecule has 3 aromatic rings. The molecular weight excluding hydrogens is 503 g/mol. The first-order valence-corrected chi connectivity index (χ1v) is 13.2. The number of nitrogens with zero attached hydrogens (tertiary/aromatic N) is 1. The Balaban J connectivity index is 1.35. The predicted molar refractivity (Wildman–Crippen MR) is 150 cm³/mol. The highest BCUT2D eigenvalue weighted by atomic mass is 35.5. The Kier molecular flexibility index (Phi) is 7.56. The summed E-state index contributed by atoms with van der Waals surface area (Å²) in [5, 5.41) is 11.5. The number of rotatable bonds is 7. The van der Waals surface area contributed by atoms with Crippen LogP contribution in [-0.4, -0.2) is 36.1 Å². The molecule has 3 aromatic carbocycles. The molecule has 1 unspecified atom stereocenters. The number of benzene rings is 3. The summed E-state index contributed by atoms with van der Waals surface area (Å²) in [6.45, 7) is 4.75. The highest BCUT2D eigenvalue weighted by molar-refractivity contribution is 6.33. The highest BCUT2D eigenvalue weighted by Gasteiger charge is 2.38. The fraction of sp³-hybridized carbons (Fsp3) is 0.233. The minimum absolute atomic E-state index is 0.0548. The molecule has 1 atom stereocenters. The number of carbonyl (C=O) groups excluding carboxylic acids is 1. The van der Waals surface area contributed by atoms with Crippen LogP contribution in [0.1, 0.15) is 29.5 Å². The van der Waals surface area contributed by atoms with Crippen molar-refractivity contribution in [1.29, 1.82) is 0 Å². The quantitative estimate of drug-likeness (QED) is 0.379. The smallest absolute Gasteiger partial charge is 0.252 e. The summed E-state index contributed by atoms with van der Waals surface area (Å²) in [4.78, 5) is 15.6. The second-order valence-corrected chi connectivity index (χ2v) is 10.4. The normalized spacial score (nSPS) is 19.0. The third-order valence-electron chi connectivity index (χ3n) is 7.02. The molecule has 190 valence electrons. The van der Waals surface area contributed by atoms with Gasteiger partial charge < -0.3 is 15.5 Å². The van der Waals surface area contributed by atoms with Crippen LogP contribution in [0.25, 0.3) is 0 Å². The number of nitrogens with one attached hydrogen (secondary N) is 3. The monoisotopic (exact) mass is 532 g/mol. The maximum atomic E-state index is 13.4. The maximum absolute atomic E-state index is 13.4. The first-order valence-electron chi connectivity index (χ1n) is 12.4. The molecule has 1 fully saturated rings. The van der Waals surface area contributed by atoms with Crippen LogP contribution in [0.5, 0.6) is 0 Å². The minimum atomic E-state index is -0.482. The van der Waals surface area contributed by atoms with Gasteiger partial charge in [0.15, 0.2) is 0 Å². The number of carbonyl (C=O) groups is 1. The molecule has 3 N–H and O–H groups in total. The Hall–Kier alpha value is -3.25. The van der Waals surface area contributed by atoms with Crippen LogP contribution in [0, 0.1) is 0 Å². The summed E-state index contributed by atoms with van der Waals surface area (Å²) in [5.74, 6) is -0.0653. The zero-order valence-electron chi connectivity index (χ0n) is 20.7. The van der Waals surface area contributed by atoms with Crippen molar-refractivity contribution in [3.63, 3.8) is 0 Å². The van der Waals surface area contributed by atoms with E-state index in [2.05, 4.69) is 52.0 Å². The largest absolute Gasteiger partial charge is 0.368 e. The molecule has 2 aliphatic rings. The third kappa shape index (κ3) is 5.69. The van der Waals surface area contributed by atoms with Crippen LogP contribution < -0.4 is 16.0 Å². The van der Waals surface area contributed by atoms with Gasteiger partial charge in [0.1, 0.15) is 5.66 Å². The number of fused-ring (bicyclic) bond motifs is 1. The number of hydrogen-bond donors (Lipinski definition) is 3. The van der Waals surface area contributed by atoms with E-state index in [0.29, 0.717) is 28.7 Å². The van der Waals surface area contributed by atoms with E-state index in [1.54, 1.807) is 12.3 Å². The number of dihydropyridines is 1. The predicted octanol–water partition coefficient (Wildman–Crippen LogP) is 5.43. The molecule has 2 aliphatic heterocycles. The number of piperazine rings is 1. The van der Waals surface area contributed by atoms with Crippen LogP contribution in [0.15, 0.2) is 102 Å². The van der Waals surface area contributed by atoms with E-state index in [1.165, 1.54) is 0 Å². The molecule has 0 aromatic heterocycles. The Labute approximate surface area is 228 Å². The summed E-state index contributed by atoms with van der Waals surface area (Å²) < 4.78 is 0. The third-order valence-corrected chi connectivity index (χ3v) is 7.63. The van der Waals surface area contributed by atoms with Gasteiger partial charge in [-0.25, -0.2) is 0 Å². The molecule has 0 saturated carbocycles. The Morgan fingerprint density at radius 3 is 2.38 bits per heavy atom. The molecule has 1 amide bonds. The lowest BCUT2D eigenvalue weighted by Gasteiger charge is -2.47. The van der Waals surface area contributed by atoms with Crippen LogP contribution in [0.3, 0.4) is 0 Å². The summed E-state index contributed by atoms with van der Waals surface area (Å²) in [5.41, 5.74) is 4.37. The summed E-state index contributed by atoms with van der Waals surface area (Å²) in [6, 6.07) is 26.1. The second kappa shape index (κ2) is 11.0. The average Bonchev–Trinajstić information content (AvgIpc) is 2.91. The molecule has 5 rings (SSSR count). The van der Waals surface area contributed by atoms with Crippen molar-refractivity contribution in [2.24, 2.45) is 0 Å². The number of halogens is 2. The van der Waals surface area contributed by atoms with Crippen molar-refractivity contribution >= 4 is 29.1 Å². The van der Waals surface area contributed by atoms with Crippen LogP contribution in [0.2, 0.25) is 10.0 Å². The molecule has 0 radical (unpaired) electrons. The molecule has 37 heavy (non-hydrogen) atoms. The molecule has 0 bridgehead atoms. The number of amides is 1. The Morgan fingerprint density at radius 1 is 1.03 bits per heavy atom. The van der Waals surface area contributed by atoms with Gasteiger partial charge in [0.2, 0.25) is 0 Å². The SMILES string of the molecule is CC12NC=C(C(=O)NCC(c3ccccc3)c3ccccc3)C=C1N(Cc1cc(Cl)ccc1Cl)CCN2. The number of hydrogen-bond acceptors (Lipinski definition) is 4. The first kappa shape index (κ1) is 25.4. The fourth-order valence-electron chi connectivity index (χ4n) is 5.00. The lowest BCUT2D eigenvalue weighted by Crippen LogP contribution is -2.64. The average molecular weight is 534 g/mol. The van der Waals surface area contributed by atoms with Gasteiger partial charge in [-0.3, -0.25) is 10.1 Å². The van der Waals surface area contributed by atoms with Crippen LogP contribution in [0.4, 0.5) is 0 Å². The van der Waals surface area contributed by atoms with E-state index in [4.69, 9.17) is 23.2 Å². The highest BCUT2D eigenvalue weighted by Crippen LogP contribution is 2.31. The van der Waals surface area contributed by atoms with Crippen molar-refractivity contribution in [3.05, 3.63) is 129 Å². The Morgan fingerprint density at radius 2 is 1.70 bits per heavy atom. The molecule has 1 saturated heterocycles. The van der Waals surface area contributed by atoms with Gasteiger partial charge in [0.25, 0.3) is 5.91 Å². The van der Waals surface area contributed by atoms with E-state index < -0.39 is 5.66 Å². The maximum Gasteiger partial charge on any atom is 0.252 e. The standard InChI is InChI=1S/C30H30Cl2N4O/c1-30-28(36(15-14-34-30)20-24-16-25(31)12-13-27(24)32)17-23(18-35-30)29(37)33-19-26(21-8-4-2-5-9-21)22-10-6-3-7-11-22/h2-13,16-18,26,34-35H,14-15,19-20H2,1H3,(H,33,37). The van der Waals surface area contributed by atoms with Gasteiger partial charge in [-0.2, -0.15) is 0 Å². The van der Waals surface area contributed by atoms with Gasteiger partial charge in [-0.05, 0) is 47.9 Å². The van der Waals surface area contributed by atoms with Gasteiger partial charge in [-0.15, -0.1) is 0 Å². The molecule has 7 heteroatoms. The topological polar surface area (TPSA) is 56.4 Å². The summed E-state index contributed by atoms with van der Waals surface area (Å²) >= 11 is 12.7. The first-order chi connectivity index (χ1) is 17.9. The van der Waals surface area contributed by atoms with E-state index in [9.17, 15) is 4.79 Å². The second-order valence-electron chi connectivity index (χ2n) is 9.57. The Bertz CT molecular complexity index is 1290. The van der Waals surface area contributed by atoms with Crippen LogP contribution in [-0.2, 0) is 11.3 Å². The lowest BCUT2D eigenvalue weighted by atomic mass is 9.91. The molecular formula is C30H30Cl2N4O. The van der Waals surface area contributed by atoms with E-state index >= 15 is 0 Å². The molecule has 2 heterocycles. The van der Waals surface area contributed by atoms with E-state index in [0.717, 1.165) is 35.5 Å². The zero-order valence-corrected chi connectivity index (χ0v) is 22.2.